The van der Waals surface area contributed by atoms with E-state index in [4.69, 9.17) is 5.73 Å². The molecule has 114 valence electrons. The van der Waals surface area contributed by atoms with Gasteiger partial charge in [0, 0.05) is 18.5 Å². The van der Waals surface area contributed by atoms with Crippen molar-refractivity contribution in [3.8, 4) is 0 Å². The normalized spacial score (nSPS) is 12.6. The van der Waals surface area contributed by atoms with Gasteiger partial charge in [-0.2, -0.15) is 0 Å². The second kappa shape index (κ2) is 6.06. The Kier molecular flexibility index (Phi) is 5.11. The number of anilines is 1. The number of rotatable bonds is 6. The monoisotopic (exact) mass is 324 g/mol. The Hall–Kier alpha value is -1.19. The average Bonchev–Trinajstić information content (AvgIpc) is 2.28. The highest BCUT2D eigenvalue weighted by Crippen LogP contribution is 2.21. The fraction of sp³-hybridized carbons (Fsp3) is 0.455. The van der Waals surface area contributed by atoms with Crippen molar-refractivity contribution < 1.29 is 21.2 Å². The van der Waals surface area contributed by atoms with Crippen LogP contribution in [-0.4, -0.2) is 35.4 Å². The lowest BCUT2D eigenvalue weighted by Crippen LogP contribution is -2.27. The average molecular weight is 324 g/mol. The number of hydrogen-bond donors (Lipinski definition) is 2. The van der Waals surface area contributed by atoms with E-state index in [0.29, 0.717) is 0 Å². The van der Waals surface area contributed by atoms with Crippen molar-refractivity contribution >= 4 is 25.5 Å². The summed E-state index contributed by atoms with van der Waals surface area (Å²) in [4.78, 5) is -0.533. The van der Waals surface area contributed by atoms with Crippen LogP contribution >= 0.6 is 0 Å². The highest BCUT2D eigenvalue weighted by atomic mass is 32.2. The van der Waals surface area contributed by atoms with Gasteiger partial charge in [-0.25, -0.2) is 25.9 Å². The highest BCUT2D eigenvalue weighted by molar-refractivity contribution is 7.90. The quantitative estimate of drug-likeness (QED) is 0.583. The van der Waals surface area contributed by atoms with Gasteiger partial charge in [-0.3, -0.25) is 0 Å². The zero-order valence-electron chi connectivity index (χ0n) is 11.2. The van der Waals surface area contributed by atoms with E-state index in [1.54, 1.807) is 0 Å². The number of aryl methyl sites for hydroxylation is 1. The number of nitrogens with one attached hydrogen (secondary N) is 1. The molecule has 0 aliphatic heterocycles. The van der Waals surface area contributed by atoms with E-state index >= 15 is 0 Å². The van der Waals surface area contributed by atoms with Crippen molar-refractivity contribution in [2.45, 2.75) is 18.2 Å². The SMILES string of the molecule is Cc1cc(N)cc(S(=O)(=O)NCCCS(C)(=O)=O)c1F. The predicted molar refractivity (Wildman–Crippen MR) is 75.1 cm³/mol. The van der Waals surface area contributed by atoms with Crippen molar-refractivity contribution in [2.24, 2.45) is 0 Å². The van der Waals surface area contributed by atoms with Crippen LogP contribution in [0, 0.1) is 12.7 Å². The summed E-state index contributed by atoms with van der Waals surface area (Å²) >= 11 is 0. The van der Waals surface area contributed by atoms with Gasteiger partial charge < -0.3 is 5.73 Å². The standard InChI is InChI=1S/C11H17FN2O4S2/c1-8-6-9(13)7-10(11(8)12)20(17,18)14-4-3-5-19(2,15)16/h6-7,14H,3-5,13H2,1-2H3. The summed E-state index contributed by atoms with van der Waals surface area (Å²) in [7, 11) is -7.21. The lowest BCUT2D eigenvalue weighted by atomic mass is 10.2. The van der Waals surface area contributed by atoms with Crippen LogP contribution in [0.5, 0.6) is 0 Å². The van der Waals surface area contributed by atoms with Crippen LogP contribution < -0.4 is 10.5 Å². The van der Waals surface area contributed by atoms with E-state index in [9.17, 15) is 21.2 Å². The Morgan fingerprint density at radius 1 is 1.25 bits per heavy atom. The maximum atomic E-state index is 13.8. The van der Waals surface area contributed by atoms with Crippen LogP contribution in [0.1, 0.15) is 12.0 Å². The topological polar surface area (TPSA) is 106 Å². The number of nitrogen functional groups attached to an aromatic ring is 1. The summed E-state index contributed by atoms with van der Waals surface area (Å²) in [6.07, 6.45) is 1.17. The second-order valence-corrected chi connectivity index (χ2v) is 8.53. The molecule has 20 heavy (non-hydrogen) atoms. The molecule has 0 heterocycles. The van der Waals surface area contributed by atoms with Gasteiger partial charge in [-0.05, 0) is 31.0 Å². The molecule has 0 atom stereocenters. The molecule has 3 N–H and O–H groups in total. The van der Waals surface area contributed by atoms with Gasteiger partial charge in [0.25, 0.3) is 0 Å². The molecular formula is C11H17FN2O4S2. The van der Waals surface area contributed by atoms with Crippen molar-refractivity contribution in [1.82, 2.24) is 4.72 Å². The number of hydrogen-bond acceptors (Lipinski definition) is 5. The third kappa shape index (κ3) is 4.73. The van der Waals surface area contributed by atoms with E-state index in [-0.39, 0.29) is 30.0 Å². The molecule has 0 aliphatic rings. The molecule has 0 aromatic heterocycles. The first-order chi connectivity index (χ1) is 9.03. The first-order valence-electron chi connectivity index (χ1n) is 5.76. The molecule has 1 aromatic carbocycles. The van der Waals surface area contributed by atoms with Crippen molar-refractivity contribution in [3.63, 3.8) is 0 Å². The maximum Gasteiger partial charge on any atom is 0.243 e. The van der Waals surface area contributed by atoms with Crippen LogP contribution in [0.2, 0.25) is 0 Å². The van der Waals surface area contributed by atoms with Gasteiger partial charge in [-0.15, -0.1) is 0 Å². The first kappa shape index (κ1) is 16.9. The molecule has 0 spiro atoms. The molecule has 0 radical (unpaired) electrons. The fourth-order valence-electron chi connectivity index (χ4n) is 1.58. The van der Waals surface area contributed by atoms with E-state index in [0.717, 1.165) is 12.3 Å². The number of halogens is 1. The predicted octanol–water partition coefficient (Wildman–Crippen LogP) is 0.429. The minimum atomic E-state index is -4.05. The van der Waals surface area contributed by atoms with E-state index in [1.165, 1.54) is 13.0 Å². The van der Waals surface area contributed by atoms with Crippen LogP contribution in [0.3, 0.4) is 0 Å². The zero-order valence-corrected chi connectivity index (χ0v) is 12.8. The summed E-state index contributed by atoms with van der Waals surface area (Å²) < 4.78 is 61.6. The Morgan fingerprint density at radius 3 is 2.40 bits per heavy atom. The Morgan fingerprint density at radius 2 is 1.85 bits per heavy atom. The molecule has 0 saturated carbocycles. The minimum absolute atomic E-state index is 0.0946. The number of nitrogens with two attached hydrogens (primary N) is 1. The molecule has 1 rings (SSSR count). The Bertz CT molecular complexity index is 699. The van der Waals surface area contributed by atoms with E-state index < -0.39 is 30.6 Å². The third-order valence-electron chi connectivity index (χ3n) is 2.52. The first-order valence-corrected chi connectivity index (χ1v) is 9.30. The highest BCUT2D eigenvalue weighted by Gasteiger charge is 2.20. The van der Waals surface area contributed by atoms with Gasteiger partial charge in [0.2, 0.25) is 10.0 Å². The van der Waals surface area contributed by atoms with Gasteiger partial charge in [0.1, 0.15) is 20.5 Å². The Labute approximate surface area is 118 Å². The largest absolute Gasteiger partial charge is 0.399 e. The van der Waals surface area contributed by atoms with Crippen molar-refractivity contribution in [1.29, 1.82) is 0 Å². The number of sulfone groups is 1. The van der Waals surface area contributed by atoms with Crippen LogP contribution in [0.15, 0.2) is 17.0 Å². The zero-order chi connectivity index (χ0) is 15.6. The van der Waals surface area contributed by atoms with Gasteiger partial charge in [-0.1, -0.05) is 0 Å². The molecule has 1 aromatic rings. The van der Waals surface area contributed by atoms with Crippen molar-refractivity contribution in [3.05, 3.63) is 23.5 Å². The third-order valence-corrected chi connectivity index (χ3v) is 5.01. The minimum Gasteiger partial charge on any atom is -0.399 e. The van der Waals surface area contributed by atoms with E-state index in [2.05, 4.69) is 4.72 Å². The number of sulfonamides is 1. The van der Waals surface area contributed by atoms with Gasteiger partial charge >= 0.3 is 0 Å². The Balaban J connectivity index is 2.85. The lowest BCUT2D eigenvalue weighted by molar-refractivity contribution is 0.552. The molecule has 0 unspecified atom stereocenters. The molecule has 0 bridgehead atoms. The number of benzene rings is 1. The van der Waals surface area contributed by atoms with Gasteiger partial charge in [0.05, 0.1) is 5.75 Å². The van der Waals surface area contributed by atoms with Gasteiger partial charge in [0.15, 0.2) is 0 Å². The second-order valence-electron chi connectivity index (χ2n) is 4.53. The maximum absolute atomic E-state index is 13.8. The summed E-state index contributed by atoms with van der Waals surface area (Å²) in [5.74, 6) is -1.01. The molecule has 0 fully saturated rings. The summed E-state index contributed by atoms with van der Waals surface area (Å²) in [5.41, 5.74) is 5.76. The molecule has 0 aliphatic carbocycles. The summed E-state index contributed by atoms with van der Waals surface area (Å²) in [6, 6.07) is 2.36. The molecule has 0 saturated heterocycles. The smallest absolute Gasteiger partial charge is 0.243 e. The molecule has 9 heteroatoms. The lowest BCUT2D eigenvalue weighted by Gasteiger charge is -2.10. The van der Waals surface area contributed by atoms with Crippen LogP contribution in [0.25, 0.3) is 0 Å². The summed E-state index contributed by atoms with van der Waals surface area (Å²) in [5, 5.41) is 0. The van der Waals surface area contributed by atoms with Crippen molar-refractivity contribution in [2.75, 3.05) is 24.3 Å². The molecule has 6 nitrogen and oxygen atoms in total. The molecule has 0 amide bonds. The summed E-state index contributed by atoms with van der Waals surface area (Å²) in [6.45, 7) is 1.32. The molecular weight excluding hydrogens is 307 g/mol. The van der Waals surface area contributed by atoms with Crippen LogP contribution in [-0.2, 0) is 19.9 Å². The fourth-order valence-corrected chi connectivity index (χ4v) is 3.50. The van der Waals surface area contributed by atoms with E-state index in [1.807, 2.05) is 0 Å². The van der Waals surface area contributed by atoms with Crippen LogP contribution in [0.4, 0.5) is 10.1 Å².